The third kappa shape index (κ3) is 2.07. The largest absolute Gasteiger partial charge is 0.461 e. The van der Waals surface area contributed by atoms with Gasteiger partial charge in [-0.05, 0) is 0 Å². The molecule has 2 aromatic rings. The maximum absolute atomic E-state index is 11.3. The molecule has 2 aromatic heterocycles. The van der Waals surface area contributed by atoms with E-state index in [0.717, 1.165) is 10.5 Å². The number of hydrogen-bond donors (Lipinski definition) is 0. The van der Waals surface area contributed by atoms with Gasteiger partial charge < -0.3 is 4.74 Å². The minimum Gasteiger partial charge on any atom is -0.461 e. The van der Waals surface area contributed by atoms with E-state index in [2.05, 4.69) is 11.6 Å². The van der Waals surface area contributed by atoms with Crippen molar-refractivity contribution in [3.63, 3.8) is 0 Å². The van der Waals surface area contributed by atoms with Crippen LogP contribution in [0.4, 0.5) is 0 Å². The standard InChI is InChI=1S/C10H10N2O2S/c1-2-3-14-10(13)4-8-6-15-9-5-11-7-12(8)9/h2,5-7H,1,3-4H2. The molecular weight excluding hydrogens is 212 g/mol. The van der Waals surface area contributed by atoms with Crippen LogP contribution < -0.4 is 0 Å². The van der Waals surface area contributed by atoms with E-state index in [-0.39, 0.29) is 19.0 Å². The molecule has 0 amide bonds. The molecular formula is C10H10N2O2S. The summed E-state index contributed by atoms with van der Waals surface area (Å²) in [4.78, 5) is 16.4. The lowest BCUT2D eigenvalue weighted by Crippen LogP contribution is -2.09. The lowest BCUT2D eigenvalue weighted by Gasteiger charge is -2.00. The van der Waals surface area contributed by atoms with Gasteiger partial charge in [0.2, 0.25) is 0 Å². The van der Waals surface area contributed by atoms with Crippen molar-refractivity contribution in [2.24, 2.45) is 0 Å². The third-order valence-electron chi connectivity index (χ3n) is 1.92. The Kier molecular flexibility index (Phi) is 2.82. The van der Waals surface area contributed by atoms with Gasteiger partial charge in [0, 0.05) is 11.1 Å². The highest BCUT2D eigenvalue weighted by Gasteiger charge is 2.09. The summed E-state index contributed by atoms with van der Waals surface area (Å²) in [6.07, 6.45) is 5.29. The highest BCUT2D eigenvalue weighted by Crippen LogP contribution is 2.16. The summed E-state index contributed by atoms with van der Waals surface area (Å²) < 4.78 is 6.79. The number of esters is 1. The SMILES string of the molecule is C=CCOC(=O)Cc1csc2cncn12. The van der Waals surface area contributed by atoms with Crippen LogP contribution in [-0.4, -0.2) is 22.0 Å². The molecule has 0 radical (unpaired) electrons. The Labute approximate surface area is 90.8 Å². The number of ether oxygens (including phenoxy) is 1. The summed E-state index contributed by atoms with van der Waals surface area (Å²) >= 11 is 1.56. The molecule has 4 nitrogen and oxygen atoms in total. The van der Waals surface area contributed by atoms with Crippen LogP contribution in [0.3, 0.4) is 0 Å². The van der Waals surface area contributed by atoms with Crippen molar-refractivity contribution >= 4 is 22.1 Å². The zero-order valence-electron chi connectivity index (χ0n) is 8.05. The van der Waals surface area contributed by atoms with Gasteiger partial charge in [-0.25, -0.2) is 4.98 Å². The van der Waals surface area contributed by atoms with Crippen molar-refractivity contribution in [3.05, 3.63) is 36.3 Å². The number of fused-ring (bicyclic) bond motifs is 1. The summed E-state index contributed by atoms with van der Waals surface area (Å²) in [6.45, 7) is 3.74. The number of nitrogens with zero attached hydrogens (tertiary/aromatic N) is 2. The molecule has 0 N–H and O–H groups in total. The Morgan fingerprint density at radius 3 is 3.40 bits per heavy atom. The second kappa shape index (κ2) is 4.27. The zero-order valence-corrected chi connectivity index (χ0v) is 8.87. The third-order valence-corrected chi connectivity index (χ3v) is 2.85. The highest BCUT2D eigenvalue weighted by atomic mass is 32.1. The average Bonchev–Trinajstić information content (AvgIpc) is 2.80. The molecule has 2 rings (SSSR count). The Balaban J connectivity index is 2.09. The molecule has 0 aliphatic rings. The van der Waals surface area contributed by atoms with E-state index in [0.29, 0.717) is 0 Å². The Morgan fingerprint density at radius 2 is 2.60 bits per heavy atom. The molecule has 0 fully saturated rings. The predicted octanol–water partition coefficient (Wildman–Crippen LogP) is 1.67. The van der Waals surface area contributed by atoms with Crippen LogP contribution in [0.2, 0.25) is 0 Å². The molecule has 0 saturated heterocycles. The molecule has 5 heteroatoms. The van der Waals surface area contributed by atoms with Gasteiger partial charge in [0.15, 0.2) is 0 Å². The minimum atomic E-state index is -0.247. The van der Waals surface area contributed by atoms with Gasteiger partial charge in [-0.1, -0.05) is 12.7 Å². The number of rotatable bonds is 4. The molecule has 0 atom stereocenters. The minimum absolute atomic E-state index is 0.247. The summed E-state index contributed by atoms with van der Waals surface area (Å²) in [6, 6.07) is 0. The molecule has 0 aromatic carbocycles. The quantitative estimate of drug-likeness (QED) is 0.583. The molecule has 0 unspecified atom stereocenters. The summed E-state index contributed by atoms with van der Waals surface area (Å²) in [5.41, 5.74) is 0.904. The second-order valence-corrected chi connectivity index (χ2v) is 3.87. The van der Waals surface area contributed by atoms with E-state index in [1.165, 1.54) is 0 Å². The maximum atomic E-state index is 11.3. The smallest absolute Gasteiger partial charge is 0.312 e. The monoisotopic (exact) mass is 222 g/mol. The molecule has 0 aliphatic carbocycles. The van der Waals surface area contributed by atoms with Crippen LogP contribution in [0.25, 0.3) is 4.83 Å². The van der Waals surface area contributed by atoms with E-state index in [9.17, 15) is 4.79 Å². The van der Waals surface area contributed by atoms with Crippen LogP contribution in [-0.2, 0) is 16.0 Å². The number of hydrogen-bond acceptors (Lipinski definition) is 4. The molecule has 78 valence electrons. The van der Waals surface area contributed by atoms with Crippen LogP contribution >= 0.6 is 11.3 Å². The average molecular weight is 222 g/mol. The first kappa shape index (κ1) is 9.92. The Hall–Kier alpha value is -1.62. The van der Waals surface area contributed by atoms with Crippen molar-refractivity contribution in [3.8, 4) is 0 Å². The van der Waals surface area contributed by atoms with Crippen molar-refractivity contribution in [2.45, 2.75) is 6.42 Å². The van der Waals surface area contributed by atoms with Gasteiger partial charge in [-0.3, -0.25) is 9.20 Å². The molecule has 2 heterocycles. The first-order valence-corrected chi connectivity index (χ1v) is 5.34. The van der Waals surface area contributed by atoms with Crippen molar-refractivity contribution in [1.29, 1.82) is 0 Å². The van der Waals surface area contributed by atoms with Gasteiger partial charge in [0.1, 0.15) is 17.8 Å². The molecule has 0 spiro atoms. The predicted molar refractivity (Wildman–Crippen MR) is 57.9 cm³/mol. The lowest BCUT2D eigenvalue weighted by molar-refractivity contribution is -0.141. The van der Waals surface area contributed by atoms with Crippen molar-refractivity contribution in [2.75, 3.05) is 6.61 Å². The molecule has 15 heavy (non-hydrogen) atoms. The van der Waals surface area contributed by atoms with Gasteiger partial charge >= 0.3 is 5.97 Å². The van der Waals surface area contributed by atoms with E-state index < -0.39 is 0 Å². The number of thiazole rings is 1. The van der Waals surface area contributed by atoms with E-state index in [1.54, 1.807) is 29.9 Å². The van der Waals surface area contributed by atoms with E-state index in [4.69, 9.17) is 4.74 Å². The topological polar surface area (TPSA) is 43.6 Å². The van der Waals surface area contributed by atoms with Crippen LogP contribution in [0.5, 0.6) is 0 Å². The number of aromatic nitrogens is 2. The first-order chi connectivity index (χ1) is 7.31. The number of carbonyl (C=O) groups is 1. The maximum Gasteiger partial charge on any atom is 0.312 e. The zero-order chi connectivity index (χ0) is 10.7. The van der Waals surface area contributed by atoms with Gasteiger partial charge in [0.25, 0.3) is 0 Å². The fourth-order valence-electron chi connectivity index (χ4n) is 1.25. The van der Waals surface area contributed by atoms with Crippen molar-refractivity contribution in [1.82, 2.24) is 9.38 Å². The van der Waals surface area contributed by atoms with Crippen LogP contribution in [0.15, 0.2) is 30.6 Å². The van der Waals surface area contributed by atoms with E-state index >= 15 is 0 Å². The fourth-order valence-corrected chi connectivity index (χ4v) is 2.10. The summed E-state index contributed by atoms with van der Waals surface area (Å²) in [5, 5.41) is 1.94. The fraction of sp³-hybridized carbons (Fsp3) is 0.200. The second-order valence-electron chi connectivity index (χ2n) is 2.98. The van der Waals surface area contributed by atoms with E-state index in [1.807, 2.05) is 9.78 Å². The van der Waals surface area contributed by atoms with Gasteiger partial charge in [0.05, 0.1) is 12.6 Å². The molecule has 0 aliphatic heterocycles. The molecule has 0 bridgehead atoms. The van der Waals surface area contributed by atoms with Gasteiger partial charge in [-0.2, -0.15) is 0 Å². The highest BCUT2D eigenvalue weighted by molar-refractivity contribution is 7.15. The Bertz CT molecular complexity index is 486. The van der Waals surface area contributed by atoms with Crippen LogP contribution in [0, 0.1) is 0 Å². The summed E-state index contributed by atoms with van der Waals surface area (Å²) in [7, 11) is 0. The molecule has 0 saturated carbocycles. The van der Waals surface area contributed by atoms with Crippen LogP contribution in [0.1, 0.15) is 5.69 Å². The Morgan fingerprint density at radius 1 is 1.73 bits per heavy atom. The number of imidazole rings is 1. The number of carbonyl (C=O) groups excluding carboxylic acids is 1. The normalized spacial score (nSPS) is 10.4. The van der Waals surface area contributed by atoms with Gasteiger partial charge in [-0.15, -0.1) is 11.3 Å². The first-order valence-electron chi connectivity index (χ1n) is 4.46. The van der Waals surface area contributed by atoms with Crippen molar-refractivity contribution < 1.29 is 9.53 Å². The summed E-state index contributed by atoms with van der Waals surface area (Å²) in [5.74, 6) is -0.247. The lowest BCUT2D eigenvalue weighted by atomic mass is 10.3.